The van der Waals surface area contributed by atoms with Crippen LogP contribution in [-0.4, -0.2) is 34.8 Å². The summed E-state index contributed by atoms with van der Waals surface area (Å²) in [5.41, 5.74) is 8.61. The first kappa shape index (κ1) is 24.0. The summed E-state index contributed by atoms with van der Waals surface area (Å²) >= 11 is 0. The van der Waals surface area contributed by atoms with Gasteiger partial charge >= 0.3 is 0 Å². The van der Waals surface area contributed by atoms with Crippen LogP contribution in [0.5, 0.6) is 5.75 Å². The molecule has 2 heterocycles. The Morgan fingerprint density at radius 2 is 1.92 bits per heavy atom. The Balaban J connectivity index is 1.31. The Hall–Kier alpha value is -3.35. The first-order valence-corrected chi connectivity index (χ1v) is 13.5. The van der Waals surface area contributed by atoms with Gasteiger partial charge in [0, 0.05) is 17.5 Å². The third kappa shape index (κ3) is 3.90. The van der Waals surface area contributed by atoms with Crippen LogP contribution < -0.4 is 15.8 Å². The monoisotopic (exact) mass is 500 g/mol. The second-order valence-electron chi connectivity index (χ2n) is 12.0. The fourth-order valence-electron chi connectivity index (χ4n) is 6.72. The highest BCUT2D eigenvalue weighted by Gasteiger charge is 2.63. The Morgan fingerprint density at radius 1 is 1.16 bits per heavy atom. The van der Waals surface area contributed by atoms with Gasteiger partial charge in [0.05, 0.1) is 30.7 Å². The van der Waals surface area contributed by atoms with E-state index >= 15 is 0 Å². The van der Waals surface area contributed by atoms with Gasteiger partial charge in [-0.3, -0.25) is 14.5 Å². The van der Waals surface area contributed by atoms with Crippen LogP contribution in [0.4, 0.5) is 0 Å². The van der Waals surface area contributed by atoms with E-state index in [2.05, 4.69) is 19.2 Å². The van der Waals surface area contributed by atoms with Gasteiger partial charge in [-0.05, 0) is 67.2 Å². The van der Waals surface area contributed by atoms with Crippen molar-refractivity contribution in [3.05, 3.63) is 65.2 Å². The van der Waals surface area contributed by atoms with Crippen LogP contribution in [0.25, 0.3) is 0 Å². The highest BCUT2D eigenvalue weighted by atomic mass is 16.5. The smallest absolute Gasteiger partial charge is 0.251 e. The van der Waals surface area contributed by atoms with E-state index in [1.54, 1.807) is 4.90 Å². The summed E-state index contributed by atoms with van der Waals surface area (Å²) < 4.78 is 5.76. The van der Waals surface area contributed by atoms with Gasteiger partial charge in [-0.25, -0.2) is 4.99 Å². The quantitative estimate of drug-likeness (QED) is 0.599. The molecule has 37 heavy (non-hydrogen) atoms. The number of nitrogens with zero attached hydrogens (tertiary/aromatic N) is 2. The summed E-state index contributed by atoms with van der Waals surface area (Å²) in [5.74, 6) is 1.96. The highest BCUT2D eigenvalue weighted by molar-refractivity contribution is 6.00. The first-order chi connectivity index (χ1) is 17.7. The van der Waals surface area contributed by atoms with Gasteiger partial charge in [-0.2, -0.15) is 0 Å². The largest absolute Gasteiger partial charge is 0.493 e. The fraction of sp³-hybridized carbons (Fsp3) is 0.500. The third-order valence-corrected chi connectivity index (χ3v) is 9.29. The maximum absolute atomic E-state index is 13.6. The molecule has 3 aliphatic carbocycles. The van der Waals surface area contributed by atoms with Crippen LogP contribution in [0.15, 0.2) is 53.5 Å². The molecule has 7 heteroatoms. The van der Waals surface area contributed by atoms with Gasteiger partial charge in [-0.1, -0.05) is 44.2 Å². The maximum atomic E-state index is 13.6. The summed E-state index contributed by atoms with van der Waals surface area (Å²) in [4.78, 5) is 33.6. The summed E-state index contributed by atoms with van der Waals surface area (Å²) in [5, 5.41) is 3.21. The van der Waals surface area contributed by atoms with Crippen molar-refractivity contribution in [2.24, 2.45) is 28.0 Å². The van der Waals surface area contributed by atoms with Crippen LogP contribution in [0.2, 0.25) is 0 Å². The molecule has 3 N–H and O–H groups in total. The summed E-state index contributed by atoms with van der Waals surface area (Å²) in [6.45, 7) is 6.74. The zero-order valence-electron chi connectivity index (χ0n) is 21.9. The molecule has 0 saturated heterocycles. The van der Waals surface area contributed by atoms with Crippen LogP contribution >= 0.6 is 0 Å². The molecule has 194 valence electrons. The normalized spacial score (nSPS) is 30.9. The number of rotatable bonds is 6. The van der Waals surface area contributed by atoms with E-state index in [1.807, 2.05) is 55.5 Å². The molecule has 0 spiro atoms. The van der Waals surface area contributed by atoms with E-state index < -0.39 is 5.54 Å². The van der Waals surface area contributed by atoms with Crippen LogP contribution in [0.3, 0.4) is 0 Å². The molecular weight excluding hydrogens is 464 g/mol. The zero-order chi connectivity index (χ0) is 25.9. The number of ether oxygens (including phenoxy) is 1. The average molecular weight is 501 g/mol. The lowest BCUT2D eigenvalue weighted by Gasteiger charge is -2.67. The molecule has 0 aromatic heterocycles. The molecule has 2 aliphatic heterocycles. The van der Waals surface area contributed by atoms with Crippen molar-refractivity contribution in [1.82, 2.24) is 10.2 Å². The van der Waals surface area contributed by atoms with Crippen molar-refractivity contribution in [2.75, 3.05) is 6.61 Å². The standard InChI is InChI=1S/C30H36N4O3/c1-18(2)29(3)17-25(35)34(28(31)33-29)26(30-14-19(15-30)16-30)20-7-6-8-21(13-20)27(36)32-23-11-12-37-24-10-5-4-9-22(23)24/h4-10,13,18-19,23,26H,11-12,14-17H2,1-3H3,(H2,31,33)(H,32,36)/t19?,23-,26-,29-,30?/m0/s1. The molecule has 7 rings (SSSR count). The van der Waals surface area contributed by atoms with Crippen LogP contribution in [-0.2, 0) is 4.79 Å². The molecule has 2 aromatic carbocycles. The van der Waals surface area contributed by atoms with Gasteiger partial charge < -0.3 is 15.8 Å². The lowest BCUT2D eigenvalue weighted by Crippen LogP contribution is -2.63. The van der Waals surface area contributed by atoms with Crippen LogP contribution in [0, 0.1) is 17.3 Å². The van der Waals surface area contributed by atoms with Gasteiger partial charge in [-0.15, -0.1) is 0 Å². The number of hydrogen-bond acceptors (Lipinski definition) is 5. The molecule has 3 atom stereocenters. The highest BCUT2D eigenvalue weighted by Crippen LogP contribution is 2.71. The lowest BCUT2D eigenvalue weighted by molar-refractivity contribution is -0.167. The van der Waals surface area contributed by atoms with Gasteiger partial charge in [0.2, 0.25) is 5.91 Å². The molecule has 2 aromatic rings. The van der Waals surface area contributed by atoms with Crippen molar-refractivity contribution in [3.8, 4) is 5.75 Å². The number of carbonyl (C=O) groups is 2. The van der Waals surface area contributed by atoms with Crippen LogP contribution in [0.1, 0.15) is 86.4 Å². The van der Waals surface area contributed by atoms with Crippen molar-refractivity contribution in [3.63, 3.8) is 0 Å². The minimum absolute atomic E-state index is 0.0147. The number of aliphatic imine (C=N–C) groups is 1. The molecule has 7 nitrogen and oxygen atoms in total. The maximum Gasteiger partial charge on any atom is 0.251 e. The molecule has 2 amide bonds. The third-order valence-electron chi connectivity index (χ3n) is 9.29. The number of hydrogen-bond donors (Lipinski definition) is 2. The molecule has 3 fully saturated rings. The van der Waals surface area contributed by atoms with E-state index in [9.17, 15) is 9.59 Å². The van der Waals surface area contributed by atoms with E-state index in [0.29, 0.717) is 24.6 Å². The zero-order valence-corrected chi connectivity index (χ0v) is 21.9. The summed E-state index contributed by atoms with van der Waals surface area (Å²) in [7, 11) is 0. The molecule has 5 aliphatic rings. The van der Waals surface area contributed by atoms with E-state index in [-0.39, 0.29) is 35.2 Å². The predicted molar refractivity (Wildman–Crippen MR) is 142 cm³/mol. The fourth-order valence-corrected chi connectivity index (χ4v) is 6.72. The molecule has 2 bridgehead atoms. The lowest BCUT2D eigenvalue weighted by atomic mass is 9.41. The second-order valence-corrected chi connectivity index (χ2v) is 12.0. The Bertz CT molecular complexity index is 1270. The number of para-hydroxylation sites is 1. The molecular formula is C30H36N4O3. The number of nitrogens with two attached hydrogens (primary N) is 1. The van der Waals surface area contributed by atoms with Gasteiger partial charge in [0.15, 0.2) is 5.96 Å². The van der Waals surface area contributed by atoms with E-state index in [1.165, 1.54) is 0 Å². The summed E-state index contributed by atoms with van der Waals surface area (Å²) in [6, 6.07) is 15.3. The van der Waals surface area contributed by atoms with Gasteiger partial charge in [0.25, 0.3) is 5.91 Å². The number of nitrogens with one attached hydrogen (secondary N) is 1. The van der Waals surface area contributed by atoms with Crippen molar-refractivity contribution >= 4 is 17.8 Å². The number of guanidine groups is 1. The van der Waals surface area contributed by atoms with E-state index in [4.69, 9.17) is 15.5 Å². The number of amides is 2. The Kier molecular flexibility index (Phi) is 5.58. The first-order valence-electron chi connectivity index (χ1n) is 13.5. The average Bonchev–Trinajstić information content (AvgIpc) is 2.81. The molecule has 0 unspecified atom stereocenters. The van der Waals surface area contributed by atoms with Crippen molar-refractivity contribution < 1.29 is 14.3 Å². The van der Waals surface area contributed by atoms with E-state index in [0.717, 1.165) is 48.5 Å². The second kappa shape index (κ2) is 8.61. The minimum atomic E-state index is -0.497. The van der Waals surface area contributed by atoms with Gasteiger partial charge in [0.1, 0.15) is 5.75 Å². The Labute approximate surface area is 218 Å². The molecule has 0 radical (unpaired) electrons. The SMILES string of the molecule is CC(C)[C@]1(C)CC(=O)N([C@@H](c2cccc(C(=O)N[C@H]3CCOc4ccccc43)c2)C23CC(C2)C3)C(N)=N1. The topological polar surface area (TPSA) is 97.0 Å². The minimum Gasteiger partial charge on any atom is -0.493 e. The summed E-state index contributed by atoms with van der Waals surface area (Å²) in [6.07, 6.45) is 4.33. The predicted octanol–water partition coefficient (Wildman–Crippen LogP) is 4.74. The molecule has 3 saturated carbocycles. The van der Waals surface area contributed by atoms with Crippen molar-refractivity contribution in [2.45, 2.75) is 70.5 Å². The number of benzene rings is 2. The van der Waals surface area contributed by atoms with Crippen molar-refractivity contribution in [1.29, 1.82) is 0 Å². The number of fused-ring (bicyclic) bond motifs is 1. The number of carbonyl (C=O) groups excluding carboxylic acids is 2. The Morgan fingerprint density at radius 3 is 2.59 bits per heavy atom.